The number of carbonyl (C=O) groups excluding carboxylic acids is 1. The van der Waals surface area contributed by atoms with Gasteiger partial charge in [0.15, 0.2) is 21.3 Å². The minimum Gasteiger partial charge on any atom is -0.486 e. The minimum atomic E-state index is -3.52. The monoisotopic (exact) mass is 353 g/mol. The molecule has 2 aliphatic heterocycles. The molecule has 6 nitrogen and oxygen atoms in total. The SMILES string of the molecule is C[C@@H]1CCCN(C(=O)CCS(=O)(=O)c2ccc3c(c2)OCCO3)C1. The number of hydrogen-bond acceptors (Lipinski definition) is 5. The van der Waals surface area contributed by atoms with E-state index in [1.165, 1.54) is 12.1 Å². The highest BCUT2D eigenvalue weighted by Crippen LogP contribution is 2.32. The molecule has 1 saturated heterocycles. The molecule has 0 saturated carbocycles. The van der Waals surface area contributed by atoms with Crippen LogP contribution in [0.5, 0.6) is 11.5 Å². The van der Waals surface area contributed by atoms with Crippen molar-refractivity contribution < 1.29 is 22.7 Å². The third kappa shape index (κ3) is 3.83. The average Bonchev–Trinajstić information content (AvgIpc) is 2.59. The largest absolute Gasteiger partial charge is 0.486 e. The van der Waals surface area contributed by atoms with E-state index >= 15 is 0 Å². The van der Waals surface area contributed by atoms with Crippen molar-refractivity contribution in [3.05, 3.63) is 18.2 Å². The molecule has 7 heteroatoms. The number of fused-ring (bicyclic) bond motifs is 1. The molecule has 24 heavy (non-hydrogen) atoms. The highest BCUT2D eigenvalue weighted by atomic mass is 32.2. The predicted octanol–water partition coefficient (Wildman–Crippen LogP) is 1.88. The number of rotatable bonds is 4. The number of amides is 1. The number of piperidine rings is 1. The minimum absolute atomic E-state index is 0.0174. The average molecular weight is 353 g/mol. The number of nitrogens with zero attached hydrogens (tertiary/aromatic N) is 1. The first-order valence-corrected chi connectivity index (χ1v) is 10.0. The zero-order valence-corrected chi connectivity index (χ0v) is 14.7. The zero-order chi connectivity index (χ0) is 17.2. The van der Waals surface area contributed by atoms with Gasteiger partial charge in [-0.05, 0) is 30.9 Å². The van der Waals surface area contributed by atoms with Gasteiger partial charge in [0.1, 0.15) is 13.2 Å². The van der Waals surface area contributed by atoms with E-state index in [9.17, 15) is 13.2 Å². The number of benzene rings is 1. The highest BCUT2D eigenvalue weighted by molar-refractivity contribution is 7.91. The van der Waals surface area contributed by atoms with Gasteiger partial charge in [-0.1, -0.05) is 6.92 Å². The molecule has 0 spiro atoms. The van der Waals surface area contributed by atoms with Gasteiger partial charge < -0.3 is 14.4 Å². The van der Waals surface area contributed by atoms with Crippen LogP contribution in [0.3, 0.4) is 0 Å². The van der Waals surface area contributed by atoms with Crippen LogP contribution < -0.4 is 9.47 Å². The van der Waals surface area contributed by atoms with Crippen LogP contribution in [0.1, 0.15) is 26.2 Å². The maximum Gasteiger partial charge on any atom is 0.223 e. The lowest BCUT2D eigenvalue weighted by atomic mass is 10.0. The molecule has 1 atom stereocenters. The Balaban J connectivity index is 1.64. The molecule has 0 radical (unpaired) electrons. The van der Waals surface area contributed by atoms with Crippen LogP contribution in [0, 0.1) is 5.92 Å². The Morgan fingerprint density at radius 1 is 1.25 bits per heavy atom. The summed E-state index contributed by atoms with van der Waals surface area (Å²) in [6.45, 7) is 4.44. The molecule has 0 aliphatic carbocycles. The first-order chi connectivity index (χ1) is 11.5. The molecule has 1 aromatic rings. The standard InChI is InChI=1S/C17H23NO5S/c1-13-3-2-7-18(12-13)17(19)6-10-24(20,21)14-4-5-15-16(11-14)23-9-8-22-15/h4-5,11,13H,2-3,6-10,12H2,1H3/t13-/m1/s1. The summed E-state index contributed by atoms with van der Waals surface area (Å²) in [7, 11) is -3.52. The van der Waals surface area contributed by atoms with E-state index in [1.807, 2.05) is 0 Å². The summed E-state index contributed by atoms with van der Waals surface area (Å²) in [5.41, 5.74) is 0. The van der Waals surface area contributed by atoms with Crippen molar-refractivity contribution in [2.45, 2.75) is 31.1 Å². The summed E-state index contributed by atoms with van der Waals surface area (Å²) >= 11 is 0. The highest BCUT2D eigenvalue weighted by Gasteiger charge is 2.24. The van der Waals surface area contributed by atoms with Gasteiger partial charge in [0.2, 0.25) is 5.91 Å². The Morgan fingerprint density at radius 2 is 2.00 bits per heavy atom. The van der Waals surface area contributed by atoms with Crippen molar-refractivity contribution in [2.75, 3.05) is 32.1 Å². The summed E-state index contributed by atoms with van der Waals surface area (Å²) in [4.78, 5) is 14.2. The van der Waals surface area contributed by atoms with E-state index in [0.717, 1.165) is 25.9 Å². The van der Waals surface area contributed by atoms with Crippen molar-refractivity contribution in [2.24, 2.45) is 5.92 Å². The van der Waals surface area contributed by atoms with Crippen LogP contribution in [-0.4, -0.2) is 51.3 Å². The topological polar surface area (TPSA) is 72.9 Å². The maximum atomic E-state index is 12.5. The first kappa shape index (κ1) is 17.1. The van der Waals surface area contributed by atoms with Crippen molar-refractivity contribution in [1.29, 1.82) is 0 Å². The van der Waals surface area contributed by atoms with E-state index in [2.05, 4.69) is 6.92 Å². The summed E-state index contributed by atoms with van der Waals surface area (Å²) in [6.07, 6.45) is 2.13. The number of sulfone groups is 1. The van der Waals surface area contributed by atoms with Crippen molar-refractivity contribution in [3.63, 3.8) is 0 Å². The molecule has 2 heterocycles. The van der Waals surface area contributed by atoms with Gasteiger partial charge in [-0.2, -0.15) is 0 Å². The maximum absolute atomic E-state index is 12.5. The van der Waals surface area contributed by atoms with E-state index in [0.29, 0.717) is 30.6 Å². The van der Waals surface area contributed by atoms with E-state index < -0.39 is 9.84 Å². The lowest BCUT2D eigenvalue weighted by molar-refractivity contribution is -0.132. The number of hydrogen-bond donors (Lipinski definition) is 0. The lowest BCUT2D eigenvalue weighted by Gasteiger charge is -2.31. The zero-order valence-electron chi connectivity index (χ0n) is 13.9. The number of likely N-dealkylation sites (tertiary alicyclic amines) is 1. The van der Waals surface area contributed by atoms with Crippen LogP contribution >= 0.6 is 0 Å². The van der Waals surface area contributed by atoms with Crippen LogP contribution in [-0.2, 0) is 14.6 Å². The molecule has 2 aliphatic rings. The van der Waals surface area contributed by atoms with Gasteiger partial charge in [0, 0.05) is 25.6 Å². The first-order valence-electron chi connectivity index (χ1n) is 8.36. The van der Waals surface area contributed by atoms with Crippen LogP contribution in [0.2, 0.25) is 0 Å². The molecule has 3 rings (SSSR count). The van der Waals surface area contributed by atoms with E-state index in [1.54, 1.807) is 11.0 Å². The molecule has 0 unspecified atom stereocenters. The van der Waals surface area contributed by atoms with Gasteiger partial charge in [-0.3, -0.25) is 4.79 Å². The quantitative estimate of drug-likeness (QED) is 0.826. The number of ether oxygens (including phenoxy) is 2. The Hall–Kier alpha value is -1.76. The molecule has 1 amide bonds. The van der Waals surface area contributed by atoms with Crippen molar-refractivity contribution >= 4 is 15.7 Å². The Morgan fingerprint density at radius 3 is 2.75 bits per heavy atom. The van der Waals surface area contributed by atoms with Gasteiger partial charge in [0.25, 0.3) is 0 Å². The van der Waals surface area contributed by atoms with Crippen molar-refractivity contribution in [1.82, 2.24) is 4.90 Å². The third-order valence-electron chi connectivity index (χ3n) is 4.47. The fraction of sp³-hybridized carbons (Fsp3) is 0.588. The predicted molar refractivity (Wildman–Crippen MR) is 89.1 cm³/mol. The van der Waals surface area contributed by atoms with Gasteiger partial charge in [-0.25, -0.2) is 8.42 Å². The summed E-state index contributed by atoms with van der Waals surface area (Å²) < 4.78 is 35.8. The molecule has 0 N–H and O–H groups in total. The molecule has 0 aromatic heterocycles. The van der Waals surface area contributed by atoms with E-state index in [-0.39, 0.29) is 23.0 Å². The Kier molecular flexibility index (Phi) is 4.99. The Labute approximate surface area is 142 Å². The summed E-state index contributed by atoms with van der Waals surface area (Å²) in [5.74, 6) is 1.22. The Bertz CT molecular complexity index is 716. The molecule has 1 aromatic carbocycles. The second-order valence-corrected chi connectivity index (χ2v) is 8.57. The summed E-state index contributed by atoms with van der Waals surface area (Å²) in [5, 5.41) is 0. The molecular weight excluding hydrogens is 330 g/mol. The lowest BCUT2D eigenvalue weighted by Crippen LogP contribution is -2.39. The van der Waals surface area contributed by atoms with Crippen LogP contribution in [0.4, 0.5) is 0 Å². The molecule has 0 bridgehead atoms. The summed E-state index contributed by atoms with van der Waals surface area (Å²) in [6, 6.07) is 4.60. The second kappa shape index (κ2) is 7.01. The van der Waals surface area contributed by atoms with Crippen LogP contribution in [0.25, 0.3) is 0 Å². The third-order valence-corrected chi connectivity index (χ3v) is 6.18. The molecule has 1 fully saturated rings. The van der Waals surface area contributed by atoms with Crippen LogP contribution in [0.15, 0.2) is 23.1 Å². The fourth-order valence-electron chi connectivity index (χ4n) is 3.13. The smallest absolute Gasteiger partial charge is 0.223 e. The second-order valence-electron chi connectivity index (χ2n) is 6.46. The number of carbonyl (C=O) groups is 1. The van der Waals surface area contributed by atoms with Gasteiger partial charge >= 0.3 is 0 Å². The molecule has 132 valence electrons. The fourth-order valence-corrected chi connectivity index (χ4v) is 4.37. The normalized spacial score (nSPS) is 20.7. The van der Waals surface area contributed by atoms with Gasteiger partial charge in [-0.15, -0.1) is 0 Å². The molecular formula is C17H23NO5S. The van der Waals surface area contributed by atoms with Crippen molar-refractivity contribution in [3.8, 4) is 11.5 Å². The van der Waals surface area contributed by atoms with Gasteiger partial charge in [0.05, 0.1) is 10.6 Å². The van der Waals surface area contributed by atoms with E-state index in [4.69, 9.17) is 9.47 Å².